The molecule has 0 aliphatic heterocycles. The van der Waals surface area contributed by atoms with E-state index < -0.39 is 5.41 Å². The Kier molecular flexibility index (Phi) is 5.62. The molecule has 1 aliphatic rings. The van der Waals surface area contributed by atoms with Gasteiger partial charge in [0.15, 0.2) is 0 Å². The Labute approximate surface area is 127 Å². The molecule has 0 unspecified atom stereocenters. The van der Waals surface area contributed by atoms with Gasteiger partial charge in [0.1, 0.15) is 5.75 Å². The molecule has 0 radical (unpaired) electrons. The third kappa shape index (κ3) is 3.76. The van der Waals surface area contributed by atoms with Crippen LogP contribution in [0.1, 0.15) is 45.4 Å². The summed E-state index contributed by atoms with van der Waals surface area (Å²) in [5, 5.41) is 3.04. The molecule has 0 bridgehead atoms. The van der Waals surface area contributed by atoms with Crippen molar-refractivity contribution in [3.63, 3.8) is 0 Å². The summed E-state index contributed by atoms with van der Waals surface area (Å²) in [4.78, 5) is 12.7. The molecule has 4 heteroatoms. The van der Waals surface area contributed by atoms with Gasteiger partial charge in [0, 0.05) is 6.54 Å². The van der Waals surface area contributed by atoms with Gasteiger partial charge in [-0.3, -0.25) is 4.79 Å². The molecule has 3 N–H and O–H groups in total. The van der Waals surface area contributed by atoms with Gasteiger partial charge in [-0.05, 0) is 31.4 Å². The third-order valence-corrected chi connectivity index (χ3v) is 4.28. The standard InChI is InChI=1S/C17H26N2O2/c1-2-12-21-15-9-5-4-8-14(15)19-16(20)17(13-18)10-6-3-7-11-17/h4-5,8-9H,2-3,6-7,10-13,18H2,1H3,(H,19,20). The molecule has 1 saturated carbocycles. The van der Waals surface area contributed by atoms with Crippen molar-refractivity contribution in [1.82, 2.24) is 0 Å². The van der Waals surface area contributed by atoms with Crippen LogP contribution < -0.4 is 15.8 Å². The van der Waals surface area contributed by atoms with Gasteiger partial charge in [0.05, 0.1) is 17.7 Å². The minimum Gasteiger partial charge on any atom is -0.491 e. The van der Waals surface area contributed by atoms with E-state index in [1.165, 1.54) is 6.42 Å². The molecule has 0 aromatic heterocycles. The summed E-state index contributed by atoms with van der Waals surface area (Å²) in [6.45, 7) is 3.12. The van der Waals surface area contributed by atoms with Crippen molar-refractivity contribution in [2.75, 3.05) is 18.5 Å². The number of carbonyl (C=O) groups excluding carboxylic acids is 1. The summed E-state index contributed by atoms with van der Waals surface area (Å²) in [6.07, 6.45) is 6.07. The maximum atomic E-state index is 12.7. The van der Waals surface area contributed by atoms with Crippen molar-refractivity contribution in [3.8, 4) is 5.75 Å². The molecule has 21 heavy (non-hydrogen) atoms. The van der Waals surface area contributed by atoms with Crippen molar-refractivity contribution in [2.45, 2.75) is 45.4 Å². The maximum absolute atomic E-state index is 12.7. The van der Waals surface area contributed by atoms with Crippen LogP contribution in [0, 0.1) is 5.41 Å². The molecule has 0 spiro atoms. The Morgan fingerprint density at radius 2 is 2.00 bits per heavy atom. The molecular weight excluding hydrogens is 264 g/mol. The first kappa shape index (κ1) is 15.8. The molecule has 1 amide bonds. The molecule has 1 aliphatic carbocycles. The smallest absolute Gasteiger partial charge is 0.231 e. The number of ether oxygens (including phenoxy) is 1. The monoisotopic (exact) mass is 290 g/mol. The normalized spacial score (nSPS) is 17.2. The second-order valence-corrected chi connectivity index (χ2v) is 5.84. The van der Waals surface area contributed by atoms with E-state index in [1.54, 1.807) is 0 Å². The second kappa shape index (κ2) is 7.46. The number of amides is 1. The van der Waals surface area contributed by atoms with E-state index in [4.69, 9.17) is 10.5 Å². The Hall–Kier alpha value is -1.55. The van der Waals surface area contributed by atoms with Crippen LogP contribution in [0.2, 0.25) is 0 Å². The van der Waals surface area contributed by atoms with E-state index >= 15 is 0 Å². The average Bonchev–Trinajstić information content (AvgIpc) is 2.54. The van der Waals surface area contributed by atoms with Crippen molar-refractivity contribution >= 4 is 11.6 Å². The van der Waals surface area contributed by atoms with Gasteiger partial charge in [-0.1, -0.05) is 38.3 Å². The van der Waals surface area contributed by atoms with Gasteiger partial charge in [-0.25, -0.2) is 0 Å². The van der Waals surface area contributed by atoms with Crippen LogP contribution in [0.5, 0.6) is 5.75 Å². The lowest BCUT2D eigenvalue weighted by molar-refractivity contribution is -0.126. The molecule has 1 fully saturated rings. The third-order valence-electron chi connectivity index (χ3n) is 4.28. The van der Waals surface area contributed by atoms with Crippen LogP contribution in [0.15, 0.2) is 24.3 Å². The van der Waals surface area contributed by atoms with Crippen molar-refractivity contribution in [3.05, 3.63) is 24.3 Å². The lowest BCUT2D eigenvalue weighted by atomic mass is 9.73. The maximum Gasteiger partial charge on any atom is 0.231 e. The minimum atomic E-state index is -0.407. The van der Waals surface area contributed by atoms with Gasteiger partial charge in [0.25, 0.3) is 0 Å². The molecule has 4 nitrogen and oxygen atoms in total. The number of para-hydroxylation sites is 2. The minimum absolute atomic E-state index is 0.0391. The van der Waals surface area contributed by atoms with Crippen LogP contribution in [-0.2, 0) is 4.79 Å². The summed E-state index contributed by atoms with van der Waals surface area (Å²) in [7, 11) is 0. The molecular formula is C17H26N2O2. The zero-order chi connectivity index (χ0) is 15.1. The first-order valence-electron chi connectivity index (χ1n) is 7.95. The fourth-order valence-corrected chi connectivity index (χ4v) is 2.92. The van der Waals surface area contributed by atoms with Gasteiger partial charge in [-0.2, -0.15) is 0 Å². The second-order valence-electron chi connectivity index (χ2n) is 5.84. The highest BCUT2D eigenvalue weighted by Gasteiger charge is 2.38. The van der Waals surface area contributed by atoms with Gasteiger partial charge < -0.3 is 15.8 Å². The molecule has 116 valence electrons. The molecule has 2 rings (SSSR count). The fraction of sp³-hybridized carbons (Fsp3) is 0.588. The number of benzene rings is 1. The quantitative estimate of drug-likeness (QED) is 0.844. The zero-order valence-electron chi connectivity index (χ0n) is 12.9. The van der Waals surface area contributed by atoms with Crippen molar-refractivity contribution in [1.29, 1.82) is 0 Å². The van der Waals surface area contributed by atoms with Crippen LogP contribution in [0.25, 0.3) is 0 Å². The van der Waals surface area contributed by atoms with Gasteiger partial charge in [-0.15, -0.1) is 0 Å². The molecule has 0 heterocycles. The first-order valence-corrected chi connectivity index (χ1v) is 7.95. The summed E-state index contributed by atoms with van der Waals surface area (Å²) >= 11 is 0. The van der Waals surface area contributed by atoms with E-state index in [9.17, 15) is 4.79 Å². The number of nitrogens with one attached hydrogen (secondary N) is 1. The molecule has 0 saturated heterocycles. The number of hydrogen-bond acceptors (Lipinski definition) is 3. The van der Waals surface area contributed by atoms with Gasteiger partial charge in [0.2, 0.25) is 5.91 Å². The summed E-state index contributed by atoms with van der Waals surface area (Å²) in [5.74, 6) is 0.771. The summed E-state index contributed by atoms with van der Waals surface area (Å²) in [6, 6.07) is 7.60. The van der Waals surface area contributed by atoms with Crippen molar-refractivity contribution in [2.24, 2.45) is 11.1 Å². The number of carbonyl (C=O) groups is 1. The molecule has 1 aromatic carbocycles. The number of rotatable bonds is 6. The Morgan fingerprint density at radius 1 is 1.29 bits per heavy atom. The summed E-state index contributed by atoms with van der Waals surface area (Å²) < 4.78 is 5.70. The predicted molar refractivity (Wildman–Crippen MR) is 85.4 cm³/mol. The Balaban J connectivity index is 2.11. The van der Waals surface area contributed by atoms with E-state index in [2.05, 4.69) is 12.2 Å². The number of anilines is 1. The number of hydrogen-bond donors (Lipinski definition) is 2. The highest BCUT2D eigenvalue weighted by Crippen LogP contribution is 2.37. The lowest BCUT2D eigenvalue weighted by Gasteiger charge is -2.34. The predicted octanol–water partition coefficient (Wildman–Crippen LogP) is 3.32. The van der Waals surface area contributed by atoms with Crippen LogP contribution >= 0.6 is 0 Å². The molecule has 1 aromatic rings. The van der Waals surface area contributed by atoms with E-state index in [0.29, 0.717) is 13.2 Å². The van der Waals surface area contributed by atoms with Gasteiger partial charge >= 0.3 is 0 Å². The Morgan fingerprint density at radius 3 is 2.67 bits per heavy atom. The number of nitrogens with two attached hydrogens (primary N) is 1. The van der Waals surface area contributed by atoms with Crippen LogP contribution in [0.3, 0.4) is 0 Å². The van der Waals surface area contributed by atoms with E-state index in [1.807, 2.05) is 24.3 Å². The fourth-order valence-electron chi connectivity index (χ4n) is 2.92. The van der Waals surface area contributed by atoms with Crippen molar-refractivity contribution < 1.29 is 9.53 Å². The average molecular weight is 290 g/mol. The zero-order valence-corrected chi connectivity index (χ0v) is 12.9. The highest BCUT2D eigenvalue weighted by atomic mass is 16.5. The first-order chi connectivity index (χ1) is 10.2. The van der Waals surface area contributed by atoms with E-state index in [-0.39, 0.29) is 5.91 Å². The SMILES string of the molecule is CCCOc1ccccc1NC(=O)C1(CN)CCCCC1. The molecule has 0 atom stereocenters. The van der Waals surface area contributed by atoms with Crippen LogP contribution in [-0.4, -0.2) is 19.1 Å². The largest absolute Gasteiger partial charge is 0.491 e. The lowest BCUT2D eigenvalue weighted by Crippen LogP contribution is -2.43. The highest BCUT2D eigenvalue weighted by molar-refractivity contribution is 5.96. The topological polar surface area (TPSA) is 64.3 Å². The van der Waals surface area contributed by atoms with E-state index in [0.717, 1.165) is 43.5 Å². The summed E-state index contributed by atoms with van der Waals surface area (Å²) in [5.41, 5.74) is 6.26. The van der Waals surface area contributed by atoms with Crippen LogP contribution in [0.4, 0.5) is 5.69 Å². The Bertz CT molecular complexity index is 468.